The molecule has 330 valence electrons. The number of nitrogens with two attached hydrogens (primary N) is 1. The van der Waals surface area contributed by atoms with Crippen LogP contribution in [0.3, 0.4) is 0 Å². The highest BCUT2D eigenvalue weighted by Crippen LogP contribution is 2.52. The number of aliphatic hydroxyl groups excluding tert-OH is 2. The summed E-state index contributed by atoms with van der Waals surface area (Å²) in [6.45, 7) is 4.39. The number of allylic oxidation sites excluding steroid dienone is 12. The van der Waals surface area contributed by atoms with E-state index in [0.29, 0.717) is 24.8 Å². The van der Waals surface area contributed by atoms with Crippen LogP contribution in [0.4, 0.5) is 8.78 Å². The molecule has 1 saturated carbocycles. The molecule has 1 heterocycles. The van der Waals surface area contributed by atoms with Crippen LogP contribution in [0, 0.1) is 0 Å². The van der Waals surface area contributed by atoms with Crippen molar-refractivity contribution in [2.45, 2.75) is 120 Å². The number of halogens is 2. The minimum atomic E-state index is -3.83. The molecule has 7 N–H and O–H groups in total. The van der Waals surface area contributed by atoms with Crippen LogP contribution in [0.5, 0.6) is 11.5 Å². The number of rotatable bonds is 28. The predicted octanol–water partition coefficient (Wildman–Crippen LogP) is 6.60. The fraction of sp³-hybridized carbons (Fsp3) is 0.500. The van der Waals surface area contributed by atoms with Crippen LogP contribution in [-0.2, 0) is 24.6 Å². The van der Waals surface area contributed by atoms with Crippen molar-refractivity contribution in [2.24, 2.45) is 5.73 Å². The summed E-state index contributed by atoms with van der Waals surface area (Å²) in [5.41, 5.74) is 4.90. The monoisotopic (exact) mass is 874 g/mol. The first-order chi connectivity index (χ1) is 28.7. The van der Waals surface area contributed by atoms with Crippen LogP contribution in [0.2, 0.25) is 0 Å². The highest BCUT2D eigenvalue weighted by Gasteiger charge is 2.54. The summed E-state index contributed by atoms with van der Waals surface area (Å²) in [7, 11) is 2.33. The van der Waals surface area contributed by atoms with Gasteiger partial charge < -0.3 is 41.4 Å². The number of nitrogens with one attached hydrogen (secondary N) is 3. The number of amides is 4. The van der Waals surface area contributed by atoms with Crippen LogP contribution < -0.4 is 31.2 Å². The van der Waals surface area contributed by atoms with E-state index in [4.69, 9.17) is 5.73 Å². The Kier molecular flexibility index (Phi) is 21.2. The quantitative estimate of drug-likeness (QED) is 0.0395. The first kappa shape index (κ1) is 50.0. The van der Waals surface area contributed by atoms with Gasteiger partial charge in [0.2, 0.25) is 23.6 Å². The molecule has 0 radical (unpaired) electrons. The molecule has 1 aliphatic carbocycles. The molecule has 0 unspecified atom stereocenters. The lowest BCUT2D eigenvalue weighted by molar-refractivity contribution is -0.286. The van der Waals surface area contributed by atoms with E-state index in [0.717, 1.165) is 49.3 Å². The third kappa shape index (κ3) is 16.9. The van der Waals surface area contributed by atoms with Gasteiger partial charge >= 0.3 is 6.29 Å². The minimum Gasteiger partial charge on any atom is -0.395 e. The number of carbonyl (C=O) groups is 4. The number of hydrogen-bond acceptors (Lipinski definition) is 10. The van der Waals surface area contributed by atoms with Crippen molar-refractivity contribution in [2.75, 3.05) is 19.0 Å². The maximum atomic E-state index is 13.9. The Balaban J connectivity index is 1.46. The van der Waals surface area contributed by atoms with Crippen LogP contribution in [0.25, 0.3) is 0 Å². The van der Waals surface area contributed by atoms with Crippen molar-refractivity contribution in [3.63, 3.8) is 0 Å². The van der Waals surface area contributed by atoms with Gasteiger partial charge in [-0.3, -0.25) is 19.2 Å². The van der Waals surface area contributed by atoms with E-state index in [1.54, 1.807) is 13.8 Å². The Bertz CT molecular complexity index is 1760. The molecular formula is C44H60F2N4O8S2. The highest BCUT2D eigenvalue weighted by atomic mass is 33.1. The molecular weight excluding hydrogens is 815 g/mol. The average molecular weight is 875 g/mol. The Morgan fingerprint density at radius 1 is 0.817 bits per heavy atom. The first-order valence-corrected chi connectivity index (χ1v) is 22.5. The van der Waals surface area contributed by atoms with Gasteiger partial charge in [-0.2, -0.15) is 0 Å². The molecule has 0 spiro atoms. The van der Waals surface area contributed by atoms with Crippen molar-refractivity contribution >= 4 is 45.2 Å². The molecule has 0 aromatic heterocycles. The maximum absolute atomic E-state index is 13.9. The number of ether oxygens (including phenoxy) is 2. The van der Waals surface area contributed by atoms with Gasteiger partial charge in [-0.05, 0) is 89.3 Å². The third-order valence-electron chi connectivity index (χ3n) is 9.48. The Morgan fingerprint density at radius 2 is 1.35 bits per heavy atom. The van der Waals surface area contributed by atoms with Gasteiger partial charge in [0.25, 0.3) is 0 Å². The summed E-state index contributed by atoms with van der Waals surface area (Å²) in [6.07, 6.45) is 28.2. The van der Waals surface area contributed by atoms with Crippen molar-refractivity contribution < 1.29 is 47.6 Å². The van der Waals surface area contributed by atoms with Crippen LogP contribution in [-0.4, -0.2) is 82.0 Å². The molecule has 12 nitrogen and oxygen atoms in total. The second-order valence-corrected chi connectivity index (χ2v) is 17.8. The topological polar surface area (TPSA) is 189 Å². The van der Waals surface area contributed by atoms with E-state index in [2.05, 4.69) is 93.1 Å². The number of alkyl halides is 2. The van der Waals surface area contributed by atoms with Gasteiger partial charge in [0.15, 0.2) is 11.5 Å². The first-order valence-electron chi connectivity index (χ1n) is 20.2. The number of hydrogen-bond donors (Lipinski definition) is 6. The molecule has 0 bridgehead atoms. The van der Waals surface area contributed by atoms with Crippen LogP contribution in [0.15, 0.2) is 91.1 Å². The maximum Gasteiger partial charge on any atom is 0.586 e. The fourth-order valence-corrected chi connectivity index (χ4v) is 8.72. The molecule has 2 atom stereocenters. The lowest BCUT2D eigenvalue weighted by Crippen LogP contribution is -2.60. The molecule has 0 saturated heterocycles. The predicted molar refractivity (Wildman–Crippen MR) is 234 cm³/mol. The van der Waals surface area contributed by atoms with Gasteiger partial charge in [0.1, 0.15) is 12.1 Å². The van der Waals surface area contributed by atoms with Crippen LogP contribution >= 0.6 is 21.6 Å². The highest BCUT2D eigenvalue weighted by molar-refractivity contribution is 8.77. The number of primary amides is 1. The van der Waals surface area contributed by atoms with E-state index in [1.165, 1.54) is 29.0 Å². The molecule has 3 rings (SSSR count). The molecule has 1 fully saturated rings. The van der Waals surface area contributed by atoms with Gasteiger partial charge in [-0.25, -0.2) is 0 Å². The molecule has 1 aromatic rings. The molecule has 4 amide bonds. The number of aliphatic hydroxyl groups is 2. The van der Waals surface area contributed by atoms with Gasteiger partial charge in [-0.15, -0.1) is 8.78 Å². The zero-order valence-electron chi connectivity index (χ0n) is 34.6. The summed E-state index contributed by atoms with van der Waals surface area (Å²) in [5.74, 6) is -2.64. The van der Waals surface area contributed by atoms with Crippen molar-refractivity contribution in [3.8, 4) is 11.5 Å². The minimum absolute atomic E-state index is 0.0546. The van der Waals surface area contributed by atoms with Crippen molar-refractivity contribution in [1.29, 1.82) is 0 Å². The zero-order chi connectivity index (χ0) is 44.0. The average Bonchev–Trinajstić information content (AvgIpc) is 3.95. The normalized spacial score (nSPS) is 16.8. The van der Waals surface area contributed by atoms with E-state index in [9.17, 15) is 38.2 Å². The fourth-order valence-electron chi connectivity index (χ4n) is 5.89. The van der Waals surface area contributed by atoms with Crippen LogP contribution in [0.1, 0.15) is 90.5 Å². The Morgan fingerprint density at radius 3 is 1.87 bits per heavy atom. The Labute approximate surface area is 360 Å². The summed E-state index contributed by atoms with van der Waals surface area (Å²) < 4.78 is 35.3. The molecule has 60 heavy (non-hydrogen) atoms. The molecule has 2 aliphatic rings. The van der Waals surface area contributed by atoms with E-state index >= 15 is 0 Å². The molecule has 16 heteroatoms. The van der Waals surface area contributed by atoms with Crippen molar-refractivity contribution in [1.82, 2.24) is 16.0 Å². The SMILES string of the molecule is CC/C=C\C/C=C\C/C=C\C/C=C\C/C=C\C/C=C\CCC(=O)N[C@@H](CSSC(C)(C)[C@H](NC(=O)C1(c2ccc3c(c2)OC(F)(F)O3)CC1)C(=O)NC(CO)CO)C(N)=O. The Hall–Kier alpha value is -4.38. The van der Waals surface area contributed by atoms with Gasteiger partial charge in [0, 0.05) is 16.9 Å². The van der Waals surface area contributed by atoms with Gasteiger partial charge in [-0.1, -0.05) is 107 Å². The van der Waals surface area contributed by atoms with E-state index in [-0.39, 0.29) is 29.6 Å². The second kappa shape index (κ2) is 25.4. The molecule has 1 aromatic carbocycles. The second-order valence-electron chi connectivity index (χ2n) is 14.8. The summed E-state index contributed by atoms with van der Waals surface area (Å²) >= 11 is 0. The summed E-state index contributed by atoms with van der Waals surface area (Å²) in [5, 5.41) is 27.2. The third-order valence-corrected chi connectivity index (χ3v) is 12.8. The number of benzene rings is 1. The number of carbonyl (C=O) groups excluding carboxylic acids is 4. The van der Waals surface area contributed by atoms with Crippen molar-refractivity contribution in [3.05, 3.63) is 96.7 Å². The largest absolute Gasteiger partial charge is 0.586 e. The number of fused-ring (bicyclic) bond motifs is 1. The lowest BCUT2D eigenvalue weighted by atomic mass is 9.93. The summed E-state index contributed by atoms with van der Waals surface area (Å²) in [6, 6.07) is 0.866. The van der Waals surface area contributed by atoms with Gasteiger partial charge in [0.05, 0.1) is 24.7 Å². The van der Waals surface area contributed by atoms with E-state index in [1.807, 2.05) is 12.2 Å². The zero-order valence-corrected chi connectivity index (χ0v) is 36.2. The standard InChI is InChI=1S/C44H60F2N4O8S2/c1-4-5-6-7-8-9-10-11-12-13-14-15-16-17-18-19-20-21-22-23-37(53)49-34(39(47)54)31-59-60-42(2,3)38(40(55)48-33(29-51)30-52)50-41(56)43(26-27-43)32-24-25-35-36(28-32)58-44(45,46)57-35/h5-6,8-9,11-12,14-15,17-18,20-21,24-25,28,33-34,38,51-52H,4,7,10,13,16,19,22-23,26-27,29-31H2,1-3H3,(H2,47,54)(H,48,55)(H,49,53)(H,50,56)/b6-5-,9-8-,12-11-,15-14-,18-17-,21-20-/t34-,38+/m0/s1. The van der Waals surface area contributed by atoms with E-state index < -0.39 is 65.5 Å². The summed E-state index contributed by atoms with van der Waals surface area (Å²) in [4.78, 5) is 52.4. The smallest absolute Gasteiger partial charge is 0.395 e. The lowest BCUT2D eigenvalue weighted by Gasteiger charge is -2.35. The molecule has 1 aliphatic heterocycles.